The van der Waals surface area contributed by atoms with Gasteiger partial charge >= 0.3 is 0 Å². The van der Waals surface area contributed by atoms with Gasteiger partial charge in [0.15, 0.2) is 0 Å². The highest BCUT2D eigenvalue weighted by Gasteiger charge is 2.19. The van der Waals surface area contributed by atoms with Gasteiger partial charge in [-0.3, -0.25) is 0 Å². The van der Waals surface area contributed by atoms with Gasteiger partial charge in [-0.05, 0) is 65.1 Å². The third-order valence-corrected chi connectivity index (χ3v) is 5.82. The molecular formula is C25H29Cl. The smallest absolute Gasteiger partial charge is 0.0406 e. The lowest BCUT2D eigenvalue weighted by molar-refractivity contribution is 0.324. The molecule has 0 aliphatic heterocycles. The Morgan fingerprint density at radius 2 is 1.58 bits per heavy atom. The van der Waals surface area contributed by atoms with Crippen molar-refractivity contribution in [3.8, 4) is 0 Å². The Bertz CT molecular complexity index is 814. The van der Waals surface area contributed by atoms with Crippen molar-refractivity contribution < 1.29 is 0 Å². The largest absolute Gasteiger partial charge is 0.0843 e. The Balaban J connectivity index is 1.79. The molecule has 26 heavy (non-hydrogen) atoms. The van der Waals surface area contributed by atoms with Crippen LogP contribution in [0.1, 0.15) is 44.2 Å². The lowest BCUT2D eigenvalue weighted by Crippen LogP contribution is -2.17. The van der Waals surface area contributed by atoms with Crippen molar-refractivity contribution in [2.24, 2.45) is 11.8 Å². The first-order valence-electron chi connectivity index (χ1n) is 9.88. The van der Waals surface area contributed by atoms with Gasteiger partial charge in [-0.15, -0.1) is 0 Å². The summed E-state index contributed by atoms with van der Waals surface area (Å²) in [6.45, 7) is 4.71. The predicted molar refractivity (Wildman–Crippen MR) is 115 cm³/mol. The monoisotopic (exact) mass is 364 g/mol. The van der Waals surface area contributed by atoms with Crippen LogP contribution in [-0.4, -0.2) is 0 Å². The molecule has 0 saturated heterocycles. The van der Waals surface area contributed by atoms with Gasteiger partial charge in [0.2, 0.25) is 0 Å². The summed E-state index contributed by atoms with van der Waals surface area (Å²) in [4.78, 5) is 0. The second kappa shape index (κ2) is 9.24. The first-order valence-corrected chi connectivity index (χ1v) is 10.3. The Morgan fingerprint density at radius 1 is 0.846 bits per heavy atom. The quantitative estimate of drug-likeness (QED) is 0.383. The maximum absolute atomic E-state index is 6.04. The summed E-state index contributed by atoms with van der Waals surface area (Å²) < 4.78 is 0. The zero-order valence-electron chi connectivity index (χ0n) is 15.9. The van der Waals surface area contributed by atoms with Crippen molar-refractivity contribution in [3.05, 3.63) is 82.9 Å². The van der Waals surface area contributed by atoms with Crippen LogP contribution in [-0.2, 0) is 12.8 Å². The van der Waals surface area contributed by atoms with E-state index in [-0.39, 0.29) is 0 Å². The van der Waals surface area contributed by atoms with Crippen molar-refractivity contribution in [2.45, 2.75) is 46.0 Å². The highest BCUT2D eigenvalue weighted by Crippen LogP contribution is 2.29. The van der Waals surface area contributed by atoms with Crippen LogP contribution in [0.25, 0.3) is 10.8 Å². The summed E-state index contributed by atoms with van der Waals surface area (Å²) in [5.41, 5.74) is 2.88. The Morgan fingerprint density at radius 3 is 2.35 bits per heavy atom. The minimum absolute atomic E-state index is 0.654. The number of hydrogen-bond acceptors (Lipinski definition) is 0. The molecule has 0 N–H and O–H groups in total. The van der Waals surface area contributed by atoms with Crippen LogP contribution in [0, 0.1) is 11.8 Å². The third kappa shape index (κ3) is 4.89. The molecule has 0 aliphatic carbocycles. The van der Waals surface area contributed by atoms with E-state index in [1.807, 2.05) is 12.1 Å². The maximum atomic E-state index is 6.04. The van der Waals surface area contributed by atoms with Gasteiger partial charge in [0, 0.05) is 5.02 Å². The fourth-order valence-corrected chi connectivity index (χ4v) is 4.09. The molecular weight excluding hydrogens is 336 g/mol. The standard InChI is InChI=1S/C25H29Cl/c1-3-4-8-22(19(2)17-20-13-15-24(26)16-14-20)18-23-11-7-10-21-9-5-6-12-25(21)23/h5-7,9-16,19,22H,3-4,8,17-18H2,1-2H3. The SMILES string of the molecule is CCCCC(Cc1cccc2ccccc12)C(C)Cc1ccc(Cl)cc1. The summed E-state index contributed by atoms with van der Waals surface area (Å²) in [7, 11) is 0. The maximum Gasteiger partial charge on any atom is 0.0406 e. The second-order valence-electron chi connectivity index (χ2n) is 7.55. The summed E-state index contributed by atoms with van der Waals surface area (Å²) >= 11 is 6.04. The molecule has 3 rings (SSSR count). The third-order valence-electron chi connectivity index (χ3n) is 5.57. The Labute approximate surface area is 163 Å². The highest BCUT2D eigenvalue weighted by molar-refractivity contribution is 6.30. The van der Waals surface area contributed by atoms with E-state index in [0.717, 1.165) is 17.9 Å². The van der Waals surface area contributed by atoms with Gasteiger partial charge in [-0.25, -0.2) is 0 Å². The molecule has 1 heteroatoms. The molecule has 0 radical (unpaired) electrons. The van der Waals surface area contributed by atoms with Gasteiger partial charge in [-0.1, -0.05) is 92.9 Å². The van der Waals surface area contributed by atoms with Gasteiger partial charge < -0.3 is 0 Å². The summed E-state index contributed by atoms with van der Waals surface area (Å²) in [6.07, 6.45) is 6.15. The number of fused-ring (bicyclic) bond motifs is 1. The molecule has 0 spiro atoms. The summed E-state index contributed by atoms with van der Waals surface area (Å²) in [5.74, 6) is 1.36. The van der Waals surface area contributed by atoms with E-state index in [1.54, 1.807) is 0 Å². The number of rotatable bonds is 8. The van der Waals surface area contributed by atoms with Crippen molar-refractivity contribution >= 4 is 22.4 Å². The topological polar surface area (TPSA) is 0 Å². The van der Waals surface area contributed by atoms with Gasteiger partial charge in [-0.2, -0.15) is 0 Å². The van der Waals surface area contributed by atoms with Crippen molar-refractivity contribution in [3.63, 3.8) is 0 Å². The van der Waals surface area contributed by atoms with Crippen molar-refractivity contribution in [2.75, 3.05) is 0 Å². The lowest BCUT2D eigenvalue weighted by atomic mass is 9.80. The van der Waals surface area contributed by atoms with E-state index in [1.165, 1.54) is 41.2 Å². The van der Waals surface area contributed by atoms with Crippen LogP contribution in [0.2, 0.25) is 5.02 Å². The molecule has 0 aromatic heterocycles. The Hall–Kier alpha value is -1.79. The molecule has 0 amide bonds. The Kier molecular flexibility index (Phi) is 6.74. The van der Waals surface area contributed by atoms with Crippen LogP contribution in [0.3, 0.4) is 0 Å². The van der Waals surface area contributed by atoms with E-state index >= 15 is 0 Å². The van der Waals surface area contributed by atoms with Gasteiger partial charge in [0.05, 0.1) is 0 Å². The molecule has 0 heterocycles. The molecule has 2 atom stereocenters. The normalized spacial score (nSPS) is 13.7. The number of benzene rings is 3. The minimum Gasteiger partial charge on any atom is -0.0843 e. The van der Waals surface area contributed by atoms with Crippen LogP contribution in [0.5, 0.6) is 0 Å². The van der Waals surface area contributed by atoms with E-state index in [9.17, 15) is 0 Å². The fraction of sp³-hybridized carbons (Fsp3) is 0.360. The molecule has 3 aromatic carbocycles. The van der Waals surface area contributed by atoms with E-state index in [4.69, 9.17) is 11.6 Å². The fourth-order valence-electron chi connectivity index (χ4n) is 3.97. The molecule has 0 nitrogen and oxygen atoms in total. The number of hydrogen-bond donors (Lipinski definition) is 0. The minimum atomic E-state index is 0.654. The summed E-state index contributed by atoms with van der Waals surface area (Å²) in [6, 6.07) is 23.9. The molecule has 3 aromatic rings. The molecule has 0 saturated carbocycles. The van der Waals surface area contributed by atoms with Gasteiger partial charge in [0.25, 0.3) is 0 Å². The average molecular weight is 365 g/mol. The molecule has 0 bridgehead atoms. The van der Waals surface area contributed by atoms with Crippen LogP contribution >= 0.6 is 11.6 Å². The summed E-state index contributed by atoms with van der Waals surface area (Å²) in [5, 5.41) is 3.58. The second-order valence-corrected chi connectivity index (χ2v) is 7.99. The first kappa shape index (κ1) is 19.0. The average Bonchev–Trinajstić information content (AvgIpc) is 2.67. The van der Waals surface area contributed by atoms with Crippen LogP contribution in [0.4, 0.5) is 0 Å². The van der Waals surface area contributed by atoms with E-state index < -0.39 is 0 Å². The lowest BCUT2D eigenvalue weighted by Gasteiger charge is -2.25. The van der Waals surface area contributed by atoms with E-state index in [2.05, 4.69) is 68.4 Å². The molecule has 0 aliphatic rings. The molecule has 2 unspecified atom stereocenters. The van der Waals surface area contributed by atoms with Crippen molar-refractivity contribution in [1.29, 1.82) is 0 Å². The van der Waals surface area contributed by atoms with Gasteiger partial charge in [0.1, 0.15) is 0 Å². The molecule has 136 valence electrons. The zero-order valence-corrected chi connectivity index (χ0v) is 16.7. The zero-order chi connectivity index (χ0) is 18.4. The van der Waals surface area contributed by atoms with Crippen LogP contribution in [0.15, 0.2) is 66.7 Å². The number of halogens is 1. The van der Waals surface area contributed by atoms with Crippen molar-refractivity contribution in [1.82, 2.24) is 0 Å². The van der Waals surface area contributed by atoms with Crippen LogP contribution < -0.4 is 0 Å². The molecule has 0 fully saturated rings. The van der Waals surface area contributed by atoms with E-state index in [0.29, 0.717) is 11.8 Å². The predicted octanol–water partition coefficient (Wildman–Crippen LogP) is 7.72. The first-order chi connectivity index (χ1) is 12.7. The highest BCUT2D eigenvalue weighted by atomic mass is 35.5. The number of unbranched alkanes of at least 4 members (excludes halogenated alkanes) is 1.